The van der Waals surface area contributed by atoms with E-state index in [4.69, 9.17) is 21.7 Å². The van der Waals surface area contributed by atoms with Crippen LogP contribution in [0.1, 0.15) is 50.6 Å². The quantitative estimate of drug-likeness (QED) is 0.512. The summed E-state index contributed by atoms with van der Waals surface area (Å²) in [4.78, 5) is 25.0. The molecule has 0 bridgehead atoms. The Morgan fingerprint density at radius 2 is 1.57 bits per heavy atom. The van der Waals surface area contributed by atoms with E-state index in [1.165, 1.54) is 0 Å². The van der Waals surface area contributed by atoms with Crippen molar-refractivity contribution in [2.24, 2.45) is 0 Å². The first-order chi connectivity index (χ1) is 13.3. The van der Waals surface area contributed by atoms with Gasteiger partial charge in [0.2, 0.25) is 0 Å². The van der Waals surface area contributed by atoms with Crippen LogP contribution in [0.25, 0.3) is 0 Å². The molecule has 1 aromatic carbocycles. The first kappa shape index (κ1) is 21.8. The van der Waals surface area contributed by atoms with E-state index in [-0.39, 0.29) is 13.2 Å². The lowest BCUT2D eigenvalue weighted by molar-refractivity contribution is 0.0527. The molecule has 1 aromatic heterocycles. The zero-order valence-electron chi connectivity index (χ0n) is 16.6. The van der Waals surface area contributed by atoms with E-state index < -0.39 is 11.9 Å². The van der Waals surface area contributed by atoms with E-state index in [0.717, 1.165) is 28.2 Å². The third kappa shape index (κ3) is 4.88. The topological polar surface area (TPSA) is 76.7 Å². The number of para-hydroxylation sites is 1. The molecule has 0 aliphatic carbocycles. The molecule has 0 amide bonds. The summed E-state index contributed by atoms with van der Waals surface area (Å²) in [5.41, 5.74) is 3.80. The molecule has 2 aromatic rings. The molecule has 0 atom stereocenters. The van der Waals surface area contributed by atoms with Crippen molar-refractivity contribution >= 4 is 51.3 Å². The van der Waals surface area contributed by atoms with E-state index in [2.05, 4.69) is 10.6 Å². The smallest absolute Gasteiger partial charge is 0.348 e. The minimum atomic E-state index is -0.510. The van der Waals surface area contributed by atoms with Crippen molar-refractivity contribution in [3.63, 3.8) is 0 Å². The average molecular weight is 421 g/mol. The summed E-state index contributed by atoms with van der Waals surface area (Å²) < 4.78 is 10.2. The van der Waals surface area contributed by atoms with Gasteiger partial charge in [0.25, 0.3) is 0 Å². The fraction of sp³-hybridized carbons (Fsp3) is 0.350. The van der Waals surface area contributed by atoms with E-state index in [9.17, 15) is 9.59 Å². The Labute approximate surface area is 174 Å². The second-order valence-electron chi connectivity index (χ2n) is 6.05. The number of hydrogen-bond donors (Lipinski definition) is 2. The average Bonchev–Trinajstić information content (AvgIpc) is 2.95. The molecular weight excluding hydrogens is 396 g/mol. The number of hydrogen-bond acceptors (Lipinski definition) is 6. The highest BCUT2D eigenvalue weighted by Gasteiger charge is 2.27. The predicted octanol–water partition coefficient (Wildman–Crippen LogP) is 4.84. The van der Waals surface area contributed by atoms with Gasteiger partial charge in [0.05, 0.1) is 18.8 Å². The molecule has 0 saturated carbocycles. The third-order valence-corrected chi connectivity index (χ3v) is 5.43. The number of rotatable bonds is 6. The predicted molar refractivity (Wildman–Crippen MR) is 117 cm³/mol. The lowest BCUT2D eigenvalue weighted by Gasteiger charge is -2.14. The minimum Gasteiger partial charge on any atom is -0.462 e. The molecule has 0 aliphatic rings. The van der Waals surface area contributed by atoms with Crippen molar-refractivity contribution in [3.05, 3.63) is 45.3 Å². The Morgan fingerprint density at radius 3 is 2.14 bits per heavy atom. The summed E-state index contributed by atoms with van der Waals surface area (Å²) in [6.45, 7) is 9.60. The van der Waals surface area contributed by atoms with E-state index in [1.807, 2.05) is 32.0 Å². The molecule has 0 aliphatic heterocycles. The number of esters is 2. The van der Waals surface area contributed by atoms with Gasteiger partial charge in [0.15, 0.2) is 5.11 Å². The Balaban J connectivity index is 2.35. The molecule has 1 heterocycles. The molecule has 0 unspecified atom stereocenters. The van der Waals surface area contributed by atoms with Gasteiger partial charge >= 0.3 is 11.9 Å². The molecule has 2 N–H and O–H groups in total. The fourth-order valence-electron chi connectivity index (χ4n) is 2.70. The molecular formula is C20H24N2O4S2. The molecule has 28 heavy (non-hydrogen) atoms. The molecule has 6 nitrogen and oxygen atoms in total. The number of thiocarbonyl (C=S) groups is 1. The number of carbonyl (C=O) groups is 2. The van der Waals surface area contributed by atoms with Crippen LogP contribution in [-0.4, -0.2) is 30.3 Å². The van der Waals surface area contributed by atoms with E-state index in [1.54, 1.807) is 20.8 Å². The van der Waals surface area contributed by atoms with Crippen LogP contribution in [0, 0.1) is 20.8 Å². The summed E-state index contributed by atoms with van der Waals surface area (Å²) in [6.07, 6.45) is 0. The lowest BCUT2D eigenvalue weighted by atomic mass is 10.1. The van der Waals surface area contributed by atoms with Gasteiger partial charge in [0.1, 0.15) is 9.88 Å². The maximum absolute atomic E-state index is 12.5. The van der Waals surface area contributed by atoms with Crippen LogP contribution >= 0.6 is 23.6 Å². The second-order valence-corrected chi connectivity index (χ2v) is 7.48. The molecule has 150 valence electrons. The number of carbonyl (C=O) groups excluding carboxylic acids is 2. The number of anilines is 2. The van der Waals surface area contributed by atoms with Crippen LogP contribution in [0.15, 0.2) is 18.2 Å². The normalized spacial score (nSPS) is 10.3. The van der Waals surface area contributed by atoms with E-state index in [0.29, 0.717) is 26.1 Å². The van der Waals surface area contributed by atoms with Gasteiger partial charge in [-0.05, 0) is 63.5 Å². The molecule has 0 saturated heterocycles. The van der Waals surface area contributed by atoms with Crippen molar-refractivity contribution in [2.45, 2.75) is 34.6 Å². The highest BCUT2D eigenvalue weighted by atomic mass is 32.1. The Bertz CT molecular complexity index is 886. The van der Waals surface area contributed by atoms with Gasteiger partial charge in [0, 0.05) is 5.69 Å². The fourth-order valence-corrected chi connectivity index (χ4v) is 4.06. The maximum atomic E-state index is 12.5. The Hall–Kier alpha value is -2.45. The SMILES string of the molecule is CCOC(=O)c1sc(NC(=S)Nc2c(C)cccc2C)c(C(=O)OCC)c1C. The highest BCUT2D eigenvalue weighted by Crippen LogP contribution is 2.34. The third-order valence-electron chi connectivity index (χ3n) is 4.03. The number of thiophene rings is 1. The first-order valence-electron chi connectivity index (χ1n) is 8.91. The number of ether oxygens (including phenoxy) is 2. The standard InChI is InChI=1S/C20H24N2O4S2/c1-6-25-18(23)14-13(5)16(19(24)26-7-2)28-17(14)22-20(27)21-15-11(3)9-8-10-12(15)4/h8-10H,6-7H2,1-5H3,(H2,21,22,27). The summed E-state index contributed by atoms with van der Waals surface area (Å²) >= 11 is 6.56. The lowest BCUT2D eigenvalue weighted by Crippen LogP contribution is -2.21. The maximum Gasteiger partial charge on any atom is 0.348 e. The van der Waals surface area contributed by atoms with Crippen LogP contribution in [-0.2, 0) is 9.47 Å². The van der Waals surface area contributed by atoms with Crippen molar-refractivity contribution in [3.8, 4) is 0 Å². The number of nitrogens with one attached hydrogen (secondary N) is 2. The summed E-state index contributed by atoms with van der Waals surface area (Å²) in [7, 11) is 0. The van der Waals surface area contributed by atoms with E-state index >= 15 is 0 Å². The van der Waals surface area contributed by atoms with Gasteiger partial charge < -0.3 is 20.1 Å². The van der Waals surface area contributed by atoms with Crippen LogP contribution in [0.3, 0.4) is 0 Å². The van der Waals surface area contributed by atoms with Crippen LogP contribution in [0.4, 0.5) is 10.7 Å². The van der Waals surface area contributed by atoms with Crippen molar-refractivity contribution in [1.82, 2.24) is 0 Å². The molecule has 2 rings (SSSR count). The molecule has 0 spiro atoms. The van der Waals surface area contributed by atoms with Gasteiger partial charge in [-0.3, -0.25) is 0 Å². The van der Waals surface area contributed by atoms with Gasteiger partial charge in [-0.15, -0.1) is 11.3 Å². The van der Waals surface area contributed by atoms with Crippen LogP contribution < -0.4 is 10.6 Å². The molecule has 8 heteroatoms. The number of aryl methyl sites for hydroxylation is 2. The Kier molecular flexibility index (Phi) is 7.53. The summed E-state index contributed by atoms with van der Waals surface area (Å²) in [6, 6.07) is 5.94. The number of benzene rings is 1. The minimum absolute atomic E-state index is 0.230. The van der Waals surface area contributed by atoms with Crippen molar-refractivity contribution in [1.29, 1.82) is 0 Å². The van der Waals surface area contributed by atoms with Crippen LogP contribution in [0.5, 0.6) is 0 Å². The van der Waals surface area contributed by atoms with Gasteiger partial charge in [-0.1, -0.05) is 18.2 Å². The zero-order valence-corrected chi connectivity index (χ0v) is 18.2. The van der Waals surface area contributed by atoms with Gasteiger partial charge in [-0.2, -0.15) is 0 Å². The monoisotopic (exact) mass is 420 g/mol. The summed E-state index contributed by atoms with van der Waals surface area (Å²) in [5, 5.41) is 6.97. The largest absolute Gasteiger partial charge is 0.462 e. The zero-order chi connectivity index (χ0) is 20.8. The van der Waals surface area contributed by atoms with Crippen molar-refractivity contribution < 1.29 is 19.1 Å². The molecule has 0 radical (unpaired) electrons. The second kappa shape index (κ2) is 9.66. The molecule has 0 fully saturated rings. The summed E-state index contributed by atoms with van der Waals surface area (Å²) in [5.74, 6) is -0.985. The van der Waals surface area contributed by atoms with Crippen LogP contribution in [0.2, 0.25) is 0 Å². The van der Waals surface area contributed by atoms with Crippen molar-refractivity contribution in [2.75, 3.05) is 23.8 Å². The first-order valence-corrected chi connectivity index (χ1v) is 10.1. The Morgan fingerprint density at radius 1 is 1.00 bits per heavy atom. The van der Waals surface area contributed by atoms with Gasteiger partial charge in [-0.25, -0.2) is 9.59 Å². The highest BCUT2D eigenvalue weighted by molar-refractivity contribution is 7.80.